The summed E-state index contributed by atoms with van der Waals surface area (Å²) in [6.07, 6.45) is -1.30. The Morgan fingerprint density at radius 3 is 2.71 bits per heavy atom. The Morgan fingerprint density at radius 2 is 2.10 bits per heavy atom. The second-order valence-corrected chi connectivity index (χ2v) is 5.19. The van der Waals surface area contributed by atoms with Crippen molar-refractivity contribution in [1.29, 1.82) is 0 Å². The zero-order chi connectivity index (χ0) is 15.8. The molecule has 0 aliphatic heterocycles. The molecule has 1 rings (SSSR count). The van der Waals surface area contributed by atoms with Gasteiger partial charge in [-0.25, -0.2) is 13.6 Å². The summed E-state index contributed by atoms with van der Waals surface area (Å²) >= 11 is 1.20. The van der Waals surface area contributed by atoms with E-state index in [9.17, 15) is 23.5 Å². The Bertz CT molecular complexity index is 513. The van der Waals surface area contributed by atoms with Crippen LogP contribution in [0, 0.1) is 11.6 Å². The summed E-state index contributed by atoms with van der Waals surface area (Å²) in [6.45, 7) is -0.235. The van der Waals surface area contributed by atoms with Crippen molar-refractivity contribution in [3.63, 3.8) is 0 Å². The van der Waals surface area contributed by atoms with Gasteiger partial charge in [-0.05, 0) is 18.2 Å². The largest absolute Gasteiger partial charge is 0.467 e. The van der Waals surface area contributed by atoms with E-state index in [0.29, 0.717) is 10.6 Å². The van der Waals surface area contributed by atoms with Crippen LogP contribution in [0.15, 0.2) is 23.1 Å². The van der Waals surface area contributed by atoms with Crippen molar-refractivity contribution in [2.24, 2.45) is 0 Å². The Labute approximate surface area is 124 Å². The number of halogens is 2. The van der Waals surface area contributed by atoms with Crippen molar-refractivity contribution in [2.45, 2.75) is 17.4 Å². The maximum atomic E-state index is 12.9. The maximum Gasteiger partial charge on any atom is 0.336 e. The third-order valence-electron chi connectivity index (χ3n) is 2.45. The molecule has 0 aliphatic carbocycles. The van der Waals surface area contributed by atoms with Crippen molar-refractivity contribution < 1.29 is 28.2 Å². The van der Waals surface area contributed by atoms with E-state index in [2.05, 4.69) is 10.1 Å². The Morgan fingerprint density at radius 1 is 1.38 bits per heavy atom. The van der Waals surface area contributed by atoms with Crippen molar-refractivity contribution in [3.8, 4) is 0 Å². The van der Waals surface area contributed by atoms with E-state index in [0.717, 1.165) is 19.2 Å². The van der Waals surface area contributed by atoms with E-state index >= 15 is 0 Å². The first kappa shape index (κ1) is 17.4. The Balaban J connectivity index is 2.27. The average Bonchev–Trinajstić information content (AvgIpc) is 2.47. The van der Waals surface area contributed by atoms with Crippen LogP contribution in [-0.2, 0) is 14.3 Å². The highest BCUT2D eigenvalue weighted by molar-refractivity contribution is 7.99. The van der Waals surface area contributed by atoms with Crippen molar-refractivity contribution in [2.75, 3.05) is 19.4 Å². The van der Waals surface area contributed by atoms with Crippen LogP contribution in [-0.4, -0.2) is 42.5 Å². The van der Waals surface area contributed by atoms with Gasteiger partial charge in [0.1, 0.15) is 0 Å². The molecule has 0 saturated heterocycles. The number of esters is 1. The van der Waals surface area contributed by atoms with Crippen LogP contribution < -0.4 is 5.32 Å². The molecule has 1 aromatic rings. The van der Waals surface area contributed by atoms with E-state index in [-0.39, 0.29) is 18.9 Å². The van der Waals surface area contributed by atoms with Crippen molar-refractivity contribution in [1.82, 2.24) is 5.32 Å². The minimum atomic E-state index is -1.40. The molecule has 0 radical (unpaired) electrons. The lowest BCUT2D eigenvalue weighted by Crippen LogP contribution is -2.37. The minimum absolute atomic E-state index is 0.109. The lowest BCUT2D eigenvalue weighted by atomic mass is 10.3. The van der Waals surface area contributed by atoms with E-state index in [1.54, 1.807) is 0 Å². The minimum Gasteiger partial charge on any atom is -0.467 e. The molecule has 0 aliphatic rings. The fourth-order valence-corrected chi connectivity index (χ4v) is 2.22. The van der Waals surface area contributed by atoms with Gasteiger partial charge in [0.25, 0.3) is 0 Å². The molecule has 8 heteroatoms. The highest BCUT2D eigenvalue weighted by Gasteiger charge is 2.15. The lowest BCUT2D eigenvalue weighted by Gasteiger charge is -2.09. The number of ether oxygens (including phenoxy) is 1. The van der Waals surface area contributed by atoms with Gasteiger partial charge in [-0.15, -0.1) is 11.8 Å². The molecule has 0 saturated carbocycles. The first-order valence-electron chi connectivity index (χ1n) is 6.04. The Hall–Kier alpha value is -1.67. The van der Waals surface area contributed by atoms with Crippen LogP contribution in [0.4, 0.5) is 8.78 Å². The molecular formula is C13H15F2NO4S. The summed E-state index contributed by atoms with van der Waals surface area (Å²) in [7, 11) is 1.13. The number of amides is 1. The number of methoxy groups -OCH3 is 1. The number of carbonyl (C=O) groups excluding carboxylic acids is 2. The van der Waals surface area contributed by atoms with Gasteiger partial charge in [-0.2, -0.15) is 0 Å². The normalized spacial score (nSPS) is 11.8. The summed E-state index contributed by atoms with van der Waals surface area (Å²) in [5.74, 6) is -2.70. The standard InChI is InChI=1S/C13H15F2NO4S/c1-20-13(19)11(17)7-16-12(18)4-5-21-8-2-3-9(14)10(15)6-8/h2-3,6,11,17H,4-5,7H2,1H3,(H,16,18). The number of rotatable bonds is 7. The summed E-state index contributed by atoms with van der Waals surface area (Å²) in [4.78, 5) is 22.8. The quantitative estimate of drug-likeness (QED) is 0.581. The van der Waals surface area contributed by atoms with Crippen LogP contribution in [0.25, 0.3) is 0 Å². The number of benzene rings is 1. The molecule has 0 spiro atoms. The predicted molar refractivity (Wildman–Crippen MR) is 72.7 cm³/mol. The number of nitrogens with one attached hydrogen (secondary N) is 1. The predicted octanol–water partition coefficient (Wildman–Crippen LogP) is 1.10. The monoisotopic (exact) mass is 319 g/mol. The van der Waals surface area contributed by atoms with E-state index in [1.807, 2.05) is 0 Å². The van der Waals surface area contributed by atoms with Gasteiger partial charge in [0.2, 0.25) is 5.91 Å². The van der Waals surface area contributed by atoms with Gasteiger partial charge >= 0.3 is 5.97 Å². The van der Waals surface area contributed by atoms with Gasteiger partial charge in [0.15, 0.2) is 17.7 Å². The van der Waals surface area contributed by atoms with Crippen LogP contribution in [0.3, 0.4) is 0 Å². The molecule has 2 N–H and O–H groups in total. The third-order valence-corrected chi connectivity index (χ3v) is 3.45. The maximum absolute atomic E-state index is 12.9. The van der Waals surface area contributed by atoms with Gasteiger partial charge in [0.05, 0.1) is 13.7 Å². The molecule has 1 amide bonds. The van der Waals surface area contributed by atoms with Crippen molar-refractivity contribution >= 4 is 23.6 Å². The first-order valence-corrected chi connectivity index (χ1v) is 7.03. The number of hydrogen-bond acceptors (Lipinski definition) is 5. The number of aliphatic hydroxyl groups is 1. The van der Waals surface area contributed by atoms with Crippen LogP contribution in [0.2, 0.25) is 0 Å². The van der Waals surface area contributed by atoms with Gasteiger partial charge in [0, 0.05) is 17.1 Å². The topological polar surface area (TPSA) is 75.6 Å². The number of carbonyl (C=O) groups is 2. The molecule has 0 aromatic heterocycles. The number of aliphatic hydroxyl groups excluding tert-OH is 1. The summed E-state index contributed by atoms with van der Waals surface area (Å²) < 4.78 is 29.9. The Kier molecular flexibility index (Phi) is 7.10. The summed E-state index contributed by atoms with van der Waals surface area (Å²) in [5.41, 5.74) is 0. The molecule has 0 bridgehead atoms. The number of hydrogen-bond donors (Lipinski definition) is 2. The molecule has 1 atom stereocenters. The van der Waals surface area contributed by atoms with Gasteiger partial charge < -0.3 is 15.2 Å². The fourth-order valence-electron chi connectivity index (χ4n) is 1.35. The number of thioether (sulfide) groups is 1. The summed E-state index contributed by atoms with van der Waals surface area (Å²) in [6, 6.07) is 3.49. The van der Waals surface area contributed by atoms with E-state index < -0.39 is 23.7 Å². The zero-order valence-corrected chi connectivity index (χ0v) is 12.1. The SMILES string of the molecule is COC(=O)C(O)CNC(=O)CCSc1ccc(F)c(F)c1. The molecule has 116 valence electrons. The molecule has 21 heavy (non-hydrogen) atoms. The van der Waals surface area contributed by atoms with Gasteiger partial charge in [-0.1, -0.05) is 0 Å². The second-order valence-electron chi connectivity index (χ2n) is 4.02. The molecule has 0 fully saturated rings. The zero-order valence-electron chi connectivity index (χ0n) is 11.3. The van der Waals surface area contributed by atoms with Crippen LogP contribution in [0.5, 0.6) is 0 Å². The average molecular weight is 319 g/mol. The molecule has 1 unspecified atom stereocenters. The summed E-state index contributed by atoms with van der Waals surface area (Å²) in [5, 5.41) is 11.6. The molecule has 5 nitrogen and oxygen atoms in total. The first-order chi connectivity index (χ1) is 9.93. The fraction of sp³-hybridized carbons (Fsp3) is 0.385. The molecule has 1 aromatic carbocycles. The van der Waals surface area contributed by atoms with Crippen LogP contribution >= 0.6 is 11.8 Å². The smallest absolute Gasteiger partial charge is 0.336 e. The molecular weight excluding hydrogens is 304 g/mol. The van der Waals surface area contributed by atoms with Crippen LogP contribution in [0.1, 0.15) is 6.42 Å². The lowest BCUT2D eigenvalue weighted by molar-refractivity contribution is -0.150. The van der Waals surface area contributed by atoms with E-state index in [4.69, 9.17) is 0 Å². The third kappa shape index (κ3) is 6.09. The van der Waals surface area contributed by atoms with Crippen molar-refractivity contribution in [3.05, 3.63) is 29.8 Å². The van der Waals surface area contributed by atoms with E-state index in [1.165, 1.54) is 17.8 Å². The second kappa shape index (κ2) is 8.58. The van der Waals surface area contributed by atoms with Gasteiger partial charge in [-0.3, -0.25) is 4.79 Å². The highest BCUT2D eigenvalue weighted by Crippen LogP contribution is 2.20. The highest BCUT2D eigenvalue weighted by atomic mass is 32.2. The molecule has 0 heterocycles.